The number of carbonyl (C=O) groups excluding carboxylic acids is 1. The predicted octanol–water partition coefficient (Wildman–Crippen LogP) is 1.25. The van der Waals surface area contributed by atoms with Gasteiger partial charge >= 0.3 is 6.03 Å². The Morgan fingerprint density at radius 3 is 2.64 bits per heavy atom. The van der Waals surface area contributed by atoms with Crippen LogP contribution < -0.4 is 10.5 Å². The first-order chi connectivity index (χ1) is 6.68. The molecule has 1 aromatic rings. The summed E-state index contributed by atoms with van der Waals surface area (Å²) in [5.41, 5.74) is 6.00. The number of nitrogens with one attached hydrogen (secondary N) is 1. The minimum atomic E-state index is -0.527. The Hall–Kier alpha value is -1.36. The Kier molecular flexibility index (Phi) is 4.12. The number of hydrogen-bond donors (Lipinski definition) is 3. The molecule has 0 unspecified atom stereocenters. The van der Waals surface area contributed by atoms with Gasteiger partial charge in [0.2, 0.25) is 0 Å². The lowest BCUT2D eigenvalue weighted by Gasteiger charge is -2.01. The SMILES string of the molecule is NC(=O)NSCCc1ccc(O)cc1. The smallest absolute Gasteiger partial charge is 0.322 e. The molecule has 76 valence electrons. The van der Waals surface area contributed by atoms with Crippen molar-refractivity contribution < 1.29 is 9.90 Å². The molecule has 5 heteroatoms. The van der Waals surface area contributed by atoms with Gasteiger partial charge in [-0.2, -0.15) is 0 Å². The number of hydrogen-bond acceptors (Lipinski definition) is 3. The third-order valence-corrected chi connectivity index (χ3v) is 2.36. The van der Waals surface area contributed by atoms with Crippen LogP contribution >= 0.6 is 11.9 Å². The first kappa shape index (κ1) is 10.7. The lowest BCUT2D eigenvalue weighted by atomic mass is 10.2. The molecule has 0 aliphatic rings. The van der Waals surface area contributed by atoms with E-state index in [1.54, 1.807) is 12.1 Å². The van der Waals surface area contributed by atoms with Crippen molar-refractivity contribution in [3.8, 4) is 5.75 Å². The fourth-order valence-electron chi connectivity index (χ4n) is 0.954. The van der Waals surface area contributed by atoms with Gasteiger partial charge < -0.3 is 10.8 Å². The highest BCUT2D eigenvalue weighted by Crippen LogP contribution is 2.11. The molecule has 1 rings (SSSR count). The van der Waals surface area contributed by atoms with Gasteiger partial charge in [-0.15, -0.1) is 0 Å². The van der Waals surface area contributed by atoms with Gasteiger partial charge in [-0.25, -0.2) is 4.79 Å². The Labute approximate surface area is 86.6 Å². The minimum absolute atomic E-state index is 0.261. The molecule has 0 aliphatic carbocycles. The largest absolute Gasteiger partial charge is 0.508 e. The number of urea groups is 1. The van der Waals surface area contributed by atoms with Crippen LogP contribution in [0.25, 0.3) is 0 Å². The monoisotopic (exact) mass is 212 g/mol. The van der Waals surface area contributed by atoms with Gasteiger partial charge in [0.25, 0.3) is 0 Å². The number of nitrogens with two attached hydrogens (primary N) is 1. The molecule has 0 saturated carbocycles. The number of primary amides is 1. The number of aromatic hydroxyl groups is 1. The van der Waals surface area contributed by atoms with Gasteiger partial charge in [-0.3, -0.25) is 4.72 Å². The van der Waals surface area contributed by atoms with E-state index in [4.69, 9.17) is 10.8 Å². The zero-order valence-electron chi connectivity index (χ0n) is 7.56. The quantitative estimate of drug-likeness (QED) is 0.519. The van der Waals surface area contributed by atoms with Crippen molar-refractivity contribution in [3.05, 3.63) is 29.8 Å². The first-order valence-corrected chi connectivity index (χ1v) is 5.12. The van der Waals surface area contributed by atoms with Crippen LogP contribution in [0.15, 0.2) is 24.3 Å². The predicted molar refractivity (Wildman–Crippen MR) is 57.0 cm³/mol. The van der Waals surface area contributed by atoms with Crippen molar-refractivity contribution in [1.29, 1.82) is 0 Å². The Balaban J connectivity index is 2.25. The summed E-state index contributed by atoms with van der Waals surface area (Å²) in [5.74, 6) is 1.02. The van der Waals surface area contributed by atoms with Crippen LogP contribution in [-0.2, 0) is 6.42 Å². The standard InChI is InChI=1S/C9H12N2O2S/c10-9(13)11-14-6-5-7-1-3-8(12)4-2-7/h1-4,12H,5-6H2,(H3,10,11,13). The maximum absolute atomic E-state index is 10.3. The maximum atomic E-state index is 10.3. The van der Waals surface area contributed by atoms with E-state index in [1.807, 2.05) is 12.1 Å². The molecule has 0 atom stereocenters. The highest BCUT2D eigenvalue weighted by molar-refractivity contribution is 7.97. The van der Waals surface area contributed by atoms with Crippen LogP contribution in [-0.4, -0.2) is 16.9 Å². The third-order valence-electron chi connectivity index (χ3n) is 1.60. The van der Waals surface area contributed by atoms with E-state index in [0.717, 1.165) is 17.7 Å². The fraction of sp³-hybridized carbons (Fsp3) is 0.222. The van der Waals surface area contributed by atoms with E-state index in [-0.39, 0.29) is 5.75 Å². The Morgan fingerprint density at radius 2 is 2.07 bits per heavy atom. The maximum Gasteiger partial charge on any atom is 0.322 e. The second kappa shape index (κ2) is 5.39. The molecule has 4 nitrogen and oxygen atoms in total. The number of rotatable bonds is 4. The van der Waals surface area contributed by atoms with Crippen LogP contribution in [0.5, 0.6) is 5.75 Å². The number of amides is 2. The van der Waals surface area contributed by atoms with E-state index in [0.29, 0.717) is 0 Å². The summed E-state index contributed by atoms with van der Waals surface area (Å²) in [7, 11) is 0. The van der Waals surface area contributed by atoms with Crippen molar-refractivity contribution in [2.24, 2.45) is 5.73 Å². The van der Waals surface area contributed by atoms with Gasteiger partial charge in [0, 0.05) is 5.75 Å². The molecule has 1 aromatic carbocycles. The summed E-state index contributed by atoms with van der Waals surface area (Å²) in [6.07, 6.45) is 0.825. The molecule has 0 fully saturated rings. The molecule has 0 bridgehead atoms. The zero-order valence-corrected chi connectivity index (χ0v) is 8.38. The molecule has 0 spiro atoms. The third kappa shape index (κ3) is 4.04. The number of aryl methyl sites for hydroxylation is 1. The van der Waals surface area contributed by atoms with Crippen molar-refractivity contribution in [2.75, 3.05) is 5.75 Å². The fourth-order valence-corrected chi connectivity index (χ4v) is 1.54. The van der Waals surface area contributed by atoms with E-state index in [2.05, 4.69) is 4.72 Å². The van der Waals surface area contributed by atoms with Crippen LogP contribution in [0.2, 0.25) is 0 Å². The van der Waals surface area contributed by atoms with E-state index >= 15 is 0 Å². The first-order valence-electron chi connectivity index (χ1n) is 4.13. The molecule has 0 aromatic heterocycles. The molecular formula is C9H12N2O2S. The molecule has 0 aliphatic heterocycles. The lowest BCUT2D eigenvalue weighted by Crippen LogP contribution is -2.23. The number of phenolic OH excluding ortho intramolecular Hbond substituents is 1. The summed E-state index contributed by atoms with van der Waals surface area (Å²) in [6.45, 7) is 0. The normalized spacial score (nSPS) is 9.71. The second-order valence-corrected chi connectivity index (χ2v) is 3.63. The summed E-state index contributed by atoms with van der Waals surface area (Å²) >= 11 is 1.27. The van der Waals surface area contributed by atoms with Gasteiger partial charge in [0.15, 0.2) is 0 Å². The molecule has 14 heavy (non-hydrogen) atoms. The van der Waals surface area contributed by atoms with E-state index in [1.165, 1.54) is 11.9 Å². The van der Waals surface area contributed by atoms with Crippen LogP contribution in [0, 0.1) is 0 Å². The molecule has 2 amide bonds. The minimum Gasteiger partial charge on any atom is -0.508 e. The Morgan fingerprint density at radius 1 is 1.43 bits per heavy atom. The van der Waals surface area contributed by atoms with Crippen LogP contribution in [0.1, 0.15) is 5.56 Å². The molecule has 0 saturated heterocycles. The molecule has 0 heterocycles. The summed E-state index contributed by atoms with van der Waals surface area (Å²) in [4.78, 5) is 10.3. The number of benzene rings is 1. The van der Waals surface area contributed by atoms with Crippen LogP contribution in [0.4, 0.5) is 4.79 Å². The van der Waals surface area contributed by atoms with Crippen molar-refractivity contribution in [3.63, 3.8) is 0 Å². The van der Waals surface area contributed by atoms with E-state index in [9.17, 15) is 4.79 Å². The van der Waals surface area contributed by atoms with Crippen molar-refractivity contribution in [2.45, 2.75) is 6.42 Å². The molecule has 4 N–H and O–H groups in total. The molecule has 0 radical (unpaired) electrons. The Bertz CT molecular complexity index is 300. The van der Waals surface area contributed by atoms with Gasteiger partial charge in [0.1, 0.15) is 5.75 Å². The van der Waals surface area contributed by atoms with Crippen molar-refractivity contribution >= 4 is 18.0 Å². The summed E-state index contributed by atoms with van der Waals surface area (Å²) < 4.78 is 2.43. The molecular weight excluding hydrogens is 200 g/mol. The van der Waals surface area contributed by atoms with Crippen molar-refractivity contribution in [1.82, 2.24) is 4.72 Å². The second-order valence-electron chi connectivity index (χ2n) is 2.73. The van der Waals surface area contributed by atoms with E-state index < -0.39 is 6.03 Å². The number of carbonyl (C=O) groups is 1. The van der Waals surface area contributed by atoms with Gasteiger partial charge in [0.05, 0.1) is 0 Å². The van der Waals surface area contributed by atoms with Gasteiger partial charge in [-0.1, -0.05) is 12.1 Å². The number of phenols is 1. The summed E-state index contributed by atoms with van der Waals surface area (Å²) in [5, 5.41) is 9.02. The zero-order chi connectivity index (χ0) is 10.4. The lowest BCUT2D eigenvalue weighted by molar-refractivity contribution is 0.254. The highest BCUT2D eigenvalue weighted by atomic mass is 32.2. The topological polar surface area (TPSA) is 75.4 Å². The van der Waals surface area contributed by atoms with Gasteiger partial charge in [-0.05, 0) is 36.1 Å². The summed E-state index contributed by atoms with van der Waals surface area (Å²) in [6, 6.07) is 6.45. The van der Waals surface area contributed by atoms with Crippen LogP contribution in [0.3, 0.4) is 0 Å². The highest BCUT2D eigenvalue weighted by Gasteiger charge is 1.95. The average Bonchev–Trinajstić information content (AvgIpc) is 2.15. The average molecular weight is 212 g/mol.